The average Bonchev–Trinajstić information content (AvgIpc) is 3.34. The van der Waals surface area contributed by atoms with E-state index < -0.39 is 6.10 Å². The lowest BCUT2D eigenvalue weighted by atomic mass is 10.0. The Morgan fingerprint density at radius 3 is 0.941 bits per heavy atom. The molecule has 0 rings (SSSR count). The van der Waals surface area contributed by atoms with Gasteiger partial charge in [0.05, 0.1) is 6.61 Å². The number of ether oxygens (including phenoxy) is 2. The number of unbranched alkanes of at least 4 members (excludes halogenated alkanes) is 25. The normalized spacial score (nSPS) is 13.0. The number of rotatable bonds is 51. The number of aliphatic hydroxyl groups excluding tert-OH is 1. The van der Waals surface area contributed by atoms with Gasteiger partial charge in [-0.2, -0.15) is 0 Å². The van der Waals surface area contributed by atoms with E-state index in [0.717, 1.165) is 83.5 Å². The van der Waals surface area contributed by atoms with Gasteiger partial charge in [-0.05, 0) is 77.0 Å². The van der Waals surface area contributed by atoms with Gasteiger partial charge in [-0.1, -0.05) is 277 Å². The van der Waals surface area contributed by atoms with Crippen LogP contribution in [0.4, 0.5) is 0 Å². The van der Waals surface area contributed by atoms with Gasteiger partial charge in [0.2, 0.25) is 0 Å². The third kappa shape index (κ3) is 55.2. The molecule has 388 valence electrons. The molecule has 0 amide bonds. The molecule has 1 unspecified atom stereocenters. The number of aliphatic hydroxyl groups is 1. The van der Waals surface area contributed by atoms with Crippen molar-refractivity contribution in [2.24, 2.45) is 0 Å². The monoisotopic (exact) mass is 943 g/mol. The highest BCUT2D eigenvalue weighted by molar-refractivity contribution is 5.70. The van der Waals surface area contributed by atoms with Crippen LogP contribution in [-0.4, -0.2) is 36.4 Å². The smallest absolute Gasteiger partial charge is 0.306 e. The first-order chi connectivity index (χ1) is 33.6. The van der Waals surface area contributed by atoms with E-state index in [9.17, 15) is 14.7 Å². The molecule has 0 aromatic rings. The molecule has 0 aliphatic heterocycles. The van der Waals surface area contributed by atoms with E-state index >= 15 is 0 Å². The number of hydrogen-bond donors (Lipinski definition) is 1. The van der Waals surface area contributed by atoms with Crippen molar-refractivity contribution >= 4 is 11.9 Å². The topological polar surface area (TPSA) is 72.8 Å². The molecule has 1 N–H and O–H groups in total. The molecule has 0 aliphatic carbocycles. The molecule has 0 saturated carbocycles. The fourth-order valence-corrected chi connectivity index (χ4v) is 7.85. The van der Waals surface area contributed by atoms with Gasteiger partial charge >= 0.3 is 11.9 Å². The summed E-state index contributed by atoms with van der Waals surface area (Å²) in [5, 5.41) is 9.64. The maximum Gasteiger partial charge on any atom is 0.306 e. The zero-order valence-corrected chi connectivity index (χ0v) is 44.3. The minimum Gasteiger partial charge on any atom is -0.462 e. The summed E-state index contributed by atoms with van der Waals surface area (Å²) in [6.45, 7) is 4.00. The molecule has 1 atom stereocenters. The van der Waals surface area contributed by atoms with Gasteiger partial charge in [0, 0.05) is 12.8 Å². The van der Waals surface area contributed by atoms with E-state index in [0.29, 0.717) is 12.8 Å². The van der Waals surface area contributed by atoms with E-state index in [4.69, 9.17) is 9.47 Å². The molecule has 0 fully saturated rings. The summed E-state index contributed by atoms with van der Waals surface area (Å²) in [6.07, 6.45) is 83.5. The summed E-state index contributed by atoms with van der Waals surface area (Å²) in [5.41, 5.74) is 0. The van der Waals surface area contributed by atoms with Crippen LogP contribution in [0.15, 0.2) is 109 Å². The van der Waals surface area contributed by atoms with Crippen LogP contribution in [0, 0.1) is 0 Å². The van der Waals surface area contributed by atoms with Gasteiger partial charge < -0.3 is 14.6 Å². The standard InChI is InChI=1S/C63H106O5/c1-3-5-7-9-11-13-15-17-19-21-23-25-27-29-30-31-32-34-36-38-40-42-44-46-48-50-52-54-56-58-63(66)68-61(59-64)60-67-62(65)57-55-53-51-49-47-45-43-41-39-37-35-33-28-26-24-22-20-18-16-14-12-10-8-6-4-2/h5,7,11,13,17,19,23,25,29-30,32,34,38,40,44,46,50,52,61,64H,3-4,6,8-10,12,14-16,18,20-22,24,26-28,31,33,35-37,39,41-43,45,47-49,51,53-60H2,1-2H3/b7-5-,13-11-,19-17-,25-23-,30-29-,34-32-,40-38-,46-44-,52-50-. The van der Waals surface area contributed by atoms with E-state index in [2.05, 4.69) is 123 Å². The Bertz CT molecular complexity index is 1340. The van der Waals surface area contributed by atoms with Gasteiger partial charge in [0.15, 0.2) is 6.10 Å². The molecule has 68 heavy (non-hydrogen) atoms. The zero-order chi connectivity index (χ0) is 49.2. The lowest BCUT2D eigenvalue weighted by molar-refractivity contribution is -0.161. The summed E-state index contributed by atoms with van der Waals surface area (Å²) in [5.74, 6) is -0.658. The lowest BCUT2D eigenvalue weighted by Gasteiger charge is -2.15. The number of carbonyl (C=O) groups excluding carboxylic acids is 2. The van der Waals surface area contributed by atoms with Gasteiger partial charge in [0.25, 0.3) is 0 Å². The second-order valence-electron chi connectivity index (χ2n) is 18.6. The predicted octanol–water partition coefficient (Wildman–Crippen LogP) is 19.3. The number of allylic oxidation sites excluding steroid dienone is 18. The van der Waals surface area contributed by atoms with Gasteiger partial charge in [0.1, 0.15) is 6.61 Å². The minimum absolute atomic E-state index is 0.0928. The van der Waals surface area contributed by atoms with E-state index in [1.165, 1.54) is 141 Å². The Morgan fingerprint density at radius 1 is 0.353 bits per heavy atom. The number of hydrogen-bond acceptors (Lipinski definition) is 5. The van der Waals surface area contributed by atoms with Gasteiger partial charge in [-0.3, -0.25) is 9.59 Å². The summed E-state index contributed by atoms with van der Waals surface area (Å²) in [6, 6.07) is 0. The third-order valence-electron chi connectivity index (χ3n) is 12.1. The first-order valence-corrected chi connectivity index (χ1v) is 28.4. The Kier molecular flexibility index (Phi) is 54.9. The predicted molar refractivity (Wildman–Crippen MR) is 297 cm³/mol. The summed E-state index contributed by atoms with van der Waals surface area (Å²) < 4.78 is 10.7. The van der Waals surface area contributed by atoms with Crippen molar-refractivity contribution in [3.05, 3.63) is 109 Å². The van der Waals surface area contributed by atoms with Crippen LogP contribution in [-0.2, 0) is 19.1 Å². The molecule has 0 aromatic carbocycles. The van der Waals surface area contributed by atoms with Crippen LogP contribution in [0.5, 0.6) is 0 Å². The average molecular weight is 944 g/mol. The molecular weight excluding hydrogens is 837 g/mol. The fraction of sp³-hybridized carbons (Fsp3) is 0.683. The Labute approximate surface area is 421 Å². The molecule has 0 radical (unpaired) electrons. The molecule has 0 spiro atoms. The van der Waals surface area contributed by atoms with E-state index in [-0.39, 0.29) is 31.6 Å². The minimum atomic E-state index is -0.809. The van der Waals surface area contributed by atoms with Crippen LogP contribution >= 0.6 is 0 Å². The third-order valence-corrected chi connectivity index (χ3v) is 12.1. The van der Waals surface area contributed by atoms with Crippen LogP contribution < -0.4 is 0 Å². The lowest BCUT2D eigenvalue weighted by Crippen LogP contribution is -2.28. The quantitative estimate of drug-likeness (QED) is 0.0374. The highest BCUT2D eigenvalue weighted by Gasteiger charge is 2.16. The largest absolute Gasteiger partial charge is 0.462 e. The second kappa shape index (κ2) is 57.9. The Morgan fingerprint density at radius 2 is 0.632 bits per heavy atom. The zero-order valence-electron chi connectivity index (χ0n) is 44.3. The summed E-state index contributed by atoms with van der Waals surface area (Å²) in [7, 11) is 0. The van der Waals surface area contributed by atoms with E-state index in [1.54, 1.807) is 0 Å². The van der Waals surface area contributed by atoms with Gasteiger partial charge in [-0.15, -0.1) is 0 Å². The molecule has 0 heterocycles. The maximum atomic E-state index is 12.3. The molecule has 0 aliphatic rings. The van der Waals surface area contributed by atoms with Crippen molar-refractivity contribution < 1.29 is 24.2 Å². The molecule has 0 bridgehead atoms. The first-order valence-electron chi connectivity index (χ1n) is 28.4. The van der Waals surface area contributed by atoms with Crippen molar-refractivity contribution in [2.45, 2.75) is 264 Å². The van der Waals surface area contributed by atoms with Crippen LogP contribution in [0.3, 0.4) is 0 Å². The molecule has 0 saturated heterocycles. The Hall–Kier alpha value is -3.44. The van der Waals surface area contributed by atoms with Crippen molar-refractivity contribution in [1.29, 1.82) is 0 Å². The first kappa shape index (κ1) is 64.6. The maximum absolute atomic E-state index is 12.3. The van der Waals surface area contributed by atoms with E-state index in [1.807, 2.05) is 0 Å². The van der Waals surface area contributed by atoms with Crippen LogP contribution in [0.1, 0.15) is 258 Å². The fourth-order valence-electron chi connectivity index (χ4n) is 7.85. The molecule has 5 heteroatoms. The summed E-state index contributed by atoms with van der Waals surface area (Å²) in [4.78, 5) is 24.5. The van der Waals surface area contributed by atoms with Crippen LogP contribution in [0.2, 0.25) is 0 Å². The van der Waals surface area contributed by atoms with Crippen molar-refractivity contribution in [1.82, 2.24) is 0 Å². The molecule has 5 nitrogen and oxygen atoms in total. The number of carbonyl (C=O) groups is 2. The molecular formula is C63H106O5. The van der Waals surface area contributed by atoms with Crippen molar-refractivity contribution in [3.8, 4) is 0 Å². The highest BCUT2D eigenvalue weighted by Crippen LogP contribution is 2.16. The van der Waals surface area contributed by atoms with Crippen molar-refractivity contribution in [2.75, 3.05) is 13.2 Å². The summed E-state index contributed by atoms with van der Waals surface area (Å²) >= 11 is 0. The number of esters is 2. The van der Waals surface area contributed by atoms with Gasteiger partial charge in [-0.25, -0.2) is 0 Å². The van der Waals surface area contributed by atoms with Crippen molar-refractivity contribution in [3.63, 3.8) is 0 Å². The second-order valence-corrected chi connectivity index (χ2v) is 18.6. The van der Waals surface area contributed by atoms with Crippen LogP contribution in [0.25, 0.3) is 0 Å². The highest BCUT2D eigenvalue weighted by atomic mass is 16.6. The SMILES string of the molecule is CC/C=C\C/C=C\C/C=C\C/C=C\C/C=C\C/C=C\C/C=C\C/C=C\C/C=C\CCCC(=O)OC(CO)COC(=O)CCCCCCCCCCCCCCCCCCCCCCCCCCC. The molecule has 0 aromatic heterocycles. The Balaban J connectivity index is 3.61.